The summed E-state index contributed by atoms with van der Waals surface area (Å²) in [5.74, 6) is -1.43. The van der Waals surface area contributed by atoms with Crippen molar-refractivity contribution in [3.05, 3.63) is 35.9 Å². The van der Waals surface area contributed by atoms with Gasteiger partial charge in [0.05, 0.1) is 12.1 Å². The first-order valence-corrected chi connectivity index (χ1v) is 3.63. The normalized spacial score (nSPS) is 11.5. The molecular formula is C9H9NaO3. The van der Waals surface area contributed by atoms with Crippen LogP contribution < -0.4 is 34.7 Å². The summed E-state index contributed by atoms with van der Waals surface area (Å²) in [5, 5.41) is 19.1. The number of aliphatic hydroxyl groups excluding tert-OH is 1. The number of carboxylic acids is 1. The number of aliphatic carboxylic acids is 1. The SMILES string of the molecule is O=C([O-])[C@H](O)Cc1ccccc1.[Na+]. The van der Waals surface area contributed by atoms with Crippen molar-refractivity contribution < 1.29 is 44.6 Å². The summed E-state index contributed by atoms with van der Waals surface area (Å²) >= 11 is 0. The maximum absolute atomic E-state index is 10.1. The molecular weight excluding hydrogens is 179 g/mol. The van der Waals surface area contributed by atoms with Gasteiger partial charge in [-0.3, -0.25) is 0 Å². The quantitative estimate of drug-likeness (QED) is 0.497. The van der Waals surface area contributed by atoms with Gasteiger partial charge in [-0.15, -0.1) is 0 Å². The van der Waals surface area contributed by atoms with E-state index in [4.69, 9.17) is 5.11 Å². The van der Waals surface area contributed by atoms with E-state index in [2.05, 4.69) is 0 Å². The molecule has 0 saturated heterocycles. The Bertz CT molecular complexity index is 261. The Balaban J connectivity index is 0.00000144. The third-order valence-corrected chi connectivity index (χ3v) is 1.54. The van der Waals surface area contributed by atoms with E-state index in [-0.39, 0.29) is 36.0 Å². The van der Waals surface area contributed by atoms with Gasteiger partial charge in [-0.2, -0.15) is 0 Å². The summed E-state index contributed by atoms with van der Waals surface area (Å²) in [6, 6.07) is 8.92. The van der Waals surface area contributed by atoms with Gasteiger partial charge in [-0.25, -0.2) is 0 Å². The number of carboxylic acid groups (broad SMARTS) is 1. The van der Waals surface area contributed by atoms with E-state index in [0.29, 0.717) is 0 Å². The zero-order chi connectivity index (χ0) is 8.97. The van der Waals surface area contributed by atoms with Crippen LogP contribution in [-0.4, -0.2) is 17.2 Å². The van der Waals surface area contributed by atoms with Crippen molar-refractivity contribution in [2.45, 2.75) is 12.5 Å². The Morgan fingerprint density at radius 2 is 1.92 bits per heavy atom. The van der Waals surface area contributed by atoms with Gasteiger partial charge in [0, 0.05) is 6.42 Å². The monoisotopic (exact) mass is 188 g/mol. The van der Waals surface area contributed by atoms with E-state index < -0.39 is 12.1 Å². The second-order valence-electron chi connectivity index (χ2n) is 2.52. The maximum atomic E-state index is 10.1. The Labute approximate surface area is 98.7 Å². The fourth-order valence-corrected chi connectivity index (χ4v) is 0.921. The zero-order valence-electron chi connectivity index (χ0n) is 7.43. The summed E-state index contributed by atoms with van der Waals surface area (Å²) in [5.41, 5.74) is 0.786. The summed E-state index contributed by atoms with van der Waals surface area (Å²) in [6.07, 6.45) is -1.31. The molecule has 0 amide bonds. The molecule has 1 aromatic carbocycles. The van der Waals surface area contributed by atoms with Gasteiger partial charge in [-0.05, 0) is 5.56 Å². The second-order valence-corrected chi connectivity index (χ2v) is 2.52. The van der Waals surface area contributed by atoms with Gasteiger partial charge >= 0.3 is 29.6 Å². The molecule has 0 aliphatic heterocycles. The second kappa shape index (κ2) is 6.16. The van der Waals surface area contributed by atoms with Crippen molar-refractivity contribution in [1.82, 2.24) is 0 Å². The molecule has 0 aliphatic carbocycles. The summed E-state index contributed by atoms with van der Waals surface area (Å²) < 4.78 is 0. The van der Waals surface area contributed by atoms with Crippen molar-refractivity contribution in [1.29, 1.82) is 0 Å². The van der Waals surface area contributed by atoms with Crippen LogP contribution in [0.15, 0.2) is 30.3 Å². The average molecular weight is 188 g/mol. The molecule has 1 N–H and O–H groups in total. The molecule has 64 valence electrons. The topological polar surface area (TPSA) is 60.4 Å². The van der Waals surface area contributed by atoms with Gasteiger partial charge in [0.2, 0.25) is 0 Å². The molecule has 1 rings (SSSR count). The third kappa shape index (κ3) is 4.43. The minimum Gasteiger partial charge on any atom is -0.547 e. The standard InChI is InChI=1S/C9H10O3.Na/c10-8(9(11)12)6-7-4-2-1-3-5-7;/h1-5,8,10H,6H2,(H,11,12);/q;+1/p-1/t8-;/m1./s1. The fraction of sp³-hybridized carbons (Fsp3) is 0.222. The largest absolute Gasteiger partial charge is 1.00 e. The zero-order valence-corrected chi connectivity index (χ0v) is 9.43. The van der Waals surface area contributed by atoms with Crippen LogP contribution in [-0.2, 0) is 11.2 Å². The Hall–Kier alpha value is -0.350. The number of rotatable bonds is 3. The van der Waals surface area contributed by atoms with Crippen LogP contribution in [0, 0.1) is 0 Å². The minimum atomic E-state index is -1.43. The molecule has 1 atom stereocenters. The van der Waals surface area contributed by atoms with Crippen LogP contribution in [0.25, 0.3) is 0 Å². The van der Waals surface area contributed by atoms with Gasteiger partial charge in [-0.1, -0.05) is 30.3 Å². The first kappa shape index (κ1) is 12.7. The van der Waals surface area contributed by atoms with Crippen LogP contribution in [0.2, 0.25) is 0 Å². The predicted molar refractivity (Wildman–Crippen MR) is 41.2 cm³/mol. The summed E-state index contributed by atoms with van der Waals surface area (Å²) in [7, 11) is 0. The molecule has 0 heterocycles. The van der Waals surface area contributed by atoms with Crippen molar-refractivity contribution in [2.24, 2.45) is 0 Å². The molecule has 0 bridgehead atoms. The molecule has 4 heteroatoms. The van der Waals surface area contributed by atoms with E-state index in [1.165, 1.54) is 0 Å². The van der Waals surface area contributed by atoms with E-state index in [0.717, 1.165) is 5.56 Å². The van der Waals surface area contributed by atoms with Crippen LogP contribution in [0.5, 0.6) is 0 Å². The average Bonchev–Trinajstić information content (AvgIpc) is 2.06. The van der Waals surface area contributed by atoms with Crippen molar-refractivity contribution >= 4 is 5.97 Å². The predicted octanol–water partition coefficient (Wildman–Crippen LogP) is -3.66. The number of benzene rings is 1. The first-order valence-electron chi connectivity index (χ1n) is 3.63. The number of carbonyl (C=O) groups excluding carboxylic acids is 1. The molecule has 1 aromatic rings. The van der Waals surface area contributed by atoms with Crippen molar-refractivity contribution in [3.63, 3.8) is 0 Å². The minimum absolute atomic E-state index is 0. The van der Waals surface area contributed by atoms with Crippen molar-refractivity contribution in [2.75, 3.05) is 0 Å². The van der Waals surface area contributed by atoms with Crippen LogP contribution in [0.1, 0.15) is 5.56 Å². The van der Waals surface area contributed by atoms with E-state index in [9.17, 15) is 9.90 Å². The molecule has 0 aromatic heterocycles. The first-order chi connectivity index (χ1) is 5.70. The van der Waals surface area contributed by atoms with Gasteiger partial charge in [0.25, 0.3) is 0 Å². The Kier molecular flexibility index (Phi) is 5.99. The molecule has 0 aliphatic rings. The molecule has 0 fully saturated rings. The molecule has 0 saturated carbocycles. The molecule has 0 unspecified atom stereocenters. The Morgan fingerprint density at radius 1 is 1.38 bits per heavy atom. The van der Waals surface area contributed by atoms with E-state index in [1.54, 1.807) is 24.3 Å². The van der Waals surface area contributed by atoms with Crippen LogP contribution >= 0.6 is 0 Å². The fourth-order valence-electron chi connectivity index (χ4n) is 0.921. The maximum Gasteiger partial charge on any atom is 1.00 e. The molecule has 3 nitrogen and oxygen atoms in total. The van der Waals surface area contributed by atoms with E-state index in [1.807, 2.05) is 6.07 Å². The summed E-state index contributed by atoms with van der Waals surface area (Å²) in [4.78, 5) is 10.1. The smallest absolute Gasteiger partial charge is 0.547 e. The van der Waals surface area contributed by atoms with Gasteiger partial charge in [0.1, 0.15) is 0 Å². The Morgan fingerprint density at radius 3 is 2.38 bits per heavy atom. The van der Waals surface area contributed by atoms with Gasteiger partial charge in [0.15, 0.2) is 0 Å². The van der Waals surface area contributed by atoms with Gasteiger partial charge < -0.3 is 15.0 Å². The number of carbonyl (C=O) groups is 1. The molecule has 0 radical (unpaired) electrons. The molecule has 0 spiro atoms. The van der Waals surface area contributed by atoms with Crippen molar-refractivity contribution in [3.8, 4) is 0 Å². The number of aliphatic hydroxyl groups is 1. The van der Waals surface area contributed by atoms with Crippen LogP contribution in [0.4, 0.5) is 0 Å². The number of hydrogen-bond donors (Lipinski definition) is 1. The van der Waals surface area contributed by atoms with E-state index >= 15 is 0 Å². The molecule has 13 heavy (non-hydrogen) atoms. The summed E-state index contributed by atoms with van der Waals surface area (Å²) in [6.45, 7) is 0. The third-order valence-electron chi connectivity index (χ3n) is 1.54. The number of hydrogen-bond acceptors (Lipinski definition) is 3. The van der Waals surface area contributed by atoms with Crippen LogP contribution in [0.3, 0.4) is 0 Å².